The third kappa shape index (κ3) is 4.12. The van der Waals surface area contributed by atoms with Crippen molar-refractivity contribution in [1.82, 2.24) is 5.32 Å². The highest BCUT2D eigenvalue weighted by Gasteiger charge is 2.43. The minimum atomic E-state index is -0.975. The molecule has 0 saturated heterocycles. The van der Waals surface area contributed by atoms with Crippen LogP contribution in [0.5, 0.6) is 0 Å². The van der Waals surface area contributed by atoms with Crippen LogP contribution in [0.3, 0.4) is 0 Å². The number of carbonyl (C=O) groups is 2. The van der Waals surface area contributed by atoms with E-state index in [2.05, 4.69) is 19.2 Å². The second-order valence-corrected chi connectivity index (χ2v) is 6.93. The van der Waals surface area contributed by atoms with E-state index in [9.17, 15) is 14.7 Å². The van der Waals surface area contributed by atoms with Crippen LogP contribution in [-0.4, -0.2) is 23.0 Å². The fraction of sp³-hybridized carbons (Fsp3) is 0.579. The number of nitrogens with one attached hydrogen (secondary N) is 1. The molecule has 1 atom stereocenters. The maximum atomic E-state index is 12.9. The van der Waals surface area contributed by atoms with Gasteiger partial charge in [-0.25, -0.2) is 4.79 Å². The Morgan fingerprint density at radius 1 is 1.13 bits per heavy atom. The number of amides is 1. The monoisotopic (exact) mass is 317 g/mol. The van der Waals surface area contributed by atoms with Crippen molar-refractivity contribution in [3.05, 3.63) is 35.9 Å². The lowest BCUT2D eigenvalue weighted by atomic mass is 9.66. The van der Waals surface area contributed by atoms with Crippen LogP contribution in [0.1, 0.15) is 51.5 Å². The largest absolute Gasteiger partial charge is 0.480 e. The molecule has 1 aliphatic rings. The van der Waals surface area contributed by atoms with E-state index in [-0.39, 0.29) is 11.8 Å². The average molecular weight is 317 g/mol. The van der Waals surface area contributed by atoms with Crippen LogP contribution in [0.2, 0.25) is 0 Å². The molecule has 0 heterocycles. The maximum Gasteiger partial charge on any atom is 0.326 e. The summed E-state index contributed by atoms with van der Waals surface area (Å²) in [5.74, 6) is -0.846. The summed E-state index contributed by atoms with van der Waals surface area (Å²) in [7, 11) is 0. The Balaban J connectivity index is 2.12. The Hall–Kier alpha value is -1.84. The number of aliphatic carboxylic acids is 1. The second kappa shape index (κ2) is 7.62. The van der Waals surface area contributed by atoms with Crippen molar-refractivity contribution in [1.29, 1.82) is 0 Å². The molecule has 0 bridgehead atoms. The Labute approximate surface area is 138 Å². The SMILES string of the molecule is CC(C)C1(C(=O)N[C@H](Cc2ccccc2)C(=O)O)CCCCC1. The number of hydrogen-bond donors (Lipinski definition) is 2. The topological polar surface area (TPSA) is 66.4 Å². The van der Waals surface area contributed by atoms with Crippen molar-refractivity contribution >= 4 is 11.9 Å². The molecule has 0 aromatic heterocycles. The molecule has 0 radical (unpaired) electrons. The predicted octanol–water partition coefficient (Wildman–Crippen LogP) is 3.41. The summed E-state index contributed by atoms with van der Waals surface area (Å²) in [6.07, 6.45) is 5.27. The molecule has 1 fully saturated rings. The Bertz CT molecular complexity index is 533. The molecular weight excluding hydrogens is 290 g/mol. The summed E-state index contributed by atoms with van der Waals surface area (Å²) in [4.78, 5) is 24.5. The number of rotatable bonds is 6. The zero-order valence-corrected chi connectivity index (χ0v) is 14.0. The van der Waals surface area contributed by atoms with E-state index < -0.39 is 17.4 Å². The highest BCUT2D eigenvalue weighted by molar-refractivity contribution is 5.87. The fourth-order valence-corrected chi connectivity index (χ4v) is 3.60. The molecule has 1 saturated carbocycles. The minimum absolute atomic E-state index is 0.0875. The third-order valence-electron chi connectivity index (χ3n) is 5.19. The van der Waals surface area contributed by atoms with Crippen LogP contribution in [0.4, 0.5) is 0 Å². The number of benzene rings is 1. The fourth-order valence-electron chi connectivity index (χ4n) is 3.60. The highest BCUT2D eigenvalue weighted by atomic mass is 16.4. The summed E-state index contributed by atoms with van der Waals surface area (Å²) in [5, 5.41) is 12.3. The lowest BCUT2D eigenvalue weighted by Gasteiger charge is -2.40. The number of carboxylic acids is 1. The molecule has 1 amide bonds. The van der Waals surface area contributed by atoms with Gasteiger partial charge in [0.15, 0.2) is 0 Å². The summed E-state index contributed by atoms with van der Waals surface area (Å²) in [5.41, 5.74) is 0.505. The van der Waals surface area contributed by atoms with Gasteiger partial charge in [-0.15, -0.1) is 0 Å². The first-order valence-electron chi connectivity index (χ1n) is 8.53. The summed E-state index contributed by atoms with van der Waals surface area (Å²) in [6, 6.07) is 8.57. The predicted molar refractivity (Wildman–Crippen MR) is 90.1 cm³/mol. The molecule has 4 heteroatoms. The van der Waals surface area contributed by atoms with Gasteiger partial charge < -0.3 is 10.4 Å². The summed E-state index contributed by atoms with van der Waals surface area (Å²) < 4.78 is 0. The van der Waals surface area contributed by atoms with Crippen LogP contribution in [0.15, 0.2) is 30.3 Å². The lowest BCUT2D eigenvalue weighted by Crippen LogP contribution is -2.52. The molecule has 126 valence electrons. The smallest absolute Gasteiger partial charge is 0.326 e. The van der Waals surface area contributed by atoms with Crippen LogP contribution in [0.25, 0.3) is 0 Å². The molecule has 1 aromatic carbocycles. The summed E-state index contributed by atoms with van der Waals surface area (Å²) in [6.45, 7) is 4.13. The van der Waals surface area contributed by atoms with Gasteiger partial charge in [-0.3, -0.25) is 4.79 Å². The van der Waals surface area contributed by atoms with Gasteiger partial charge in [-0.1, -0.05) is 63.4 Å². The zero-order valence-electron chi connectivity index (χ0n) is 14.0. The van der Waals surface area contributed by atoms with Crippen molar-refractivity contribution in [2.45, 2.75) is 58.4 Å². The highest BCUT2D eigenvalue weighted by Crippen LogP contribution is 2.42. The minimum Gasteiger partial charge on any atom is -0.480 e. The third-order valence-corrected chi connectivity index (χ3v) is 5.19. The van der Waals surface area contributed by atoms with Crippen molar-refractivity contribution in [3.8, 4) is 0 Å². The van der Waals surface area contributed by atoms with E-state index in [0.29, 0.717) is 6.42 Å². The molecule has 1 aromatic rings. The molecular formula is C19H27NO3. The Morgan fingerprint density at radius 3 is 2.26 bits per heavy atom. The average Bonchev–Trinajstić information content (AvgIpc) is 2.55. The maximum absolute atomic E-state index is 12.9. The van der Waals surface area contributed by atoms with Crippen LogP contribution in [-0.2, 0) is 16.0 Å². The van der Waals surface area contributed by atoms with E-state index in [4.69, 9.17) is 0 Å². The van der Waals surface area contributed by atoms with Gasteiger partial charge in [0, 0.05) is 6.42 Å². The molecule has 0 spiro atoms. The van der Waals surface area contributed by atoms with Gasteiger partial charge in [0.2, 0.25) is 5.91 Å². The second-order valence-electron chi connectivity index (χ2n) is 6.93. The van der Waals surface area contributed by atoms with Crippen molar-refractivity contribution in [3.63, 3.8) is 0 Å². The van der Waals surface area contributed by atoms with Crippen LogP contribution in [0, 0.1) is 11.3 Å². The molecule has 2 N–H and O–H groups in total. The molecule has 0 aliphatic heterocycles. The molecule has 23 heavy (non-hydrogen) atoms. The standard InChI is InChI=1S/C19H27NO3/c1-14(2)19(11-7-4-8-12-19)18(23)20-16(17(21)22)13-15-9-5-3-6-10-15/h3,5-6,9-10,14,16H,4,7-8,11-13H2,1-2H3,(H,20,23)(H,21,22)/t16-/m1/s1. The van der Waals surface area contributed by atoms with E-state index in [0.717, 1.165) is 37.7 Å². The van der Waals surface area contributed by atoms with Gasteiger partial charge in [0.1, 0.15) is 6.04 Å². The van der Waals surface area contributed by atoms with Crippen molar-refractivity contribution < 1.29 is 14.7 Å². The first kappa shape index (κ1) is 17.5. The quantitative estimate of drug-likeness (QED) is 0.845. The van der Waals surface area contributed by atoms with Gasteiger partial charge in [-0.2, -0.15) is 0 Å². The van der Waals surface area contributed by atoms with E-state index in [1.165, 1.54) is 0 Å². The van der Waals surface area contributed by atoms with E-state index in [1.54, 1.807) is 0 Å². The molecule has 0 unspecified atom stereocenters. The molecule has 1 aliphatic carbocycles. The first-order valence-corrected chi connectivity index (χ1v) is 8.53. The normalized spacial score (nSPS) is 18.4. The van der Waals surface area contributed by atoms with Crippen molar-refractivity contribution in [2.75, 3.05) is 0 Å². The number of carbonyl (C=O) groups excluding carboxylic acids is 1. The van der Waals surface area contributed by atoms with Crippen LogP contribution < -0.4 is 5.32 Å². The van der Waals surface area contributed by atoms with Gasteiger partial charge >= 0.3 is 5.97 Å². The number of hydrogen-bond acceptors (Lipinski definition) is 2. The van der Waals surface area contributed by atoms with Gasteiger partial charge in [0.05, 0.1) is 5.41 Å². The molecule has 4 nitrogen and oxygen atoms in total. The van der Waals surface area contributed by atoms with E-state index in [1.807, 2.05) is 30.3 Å². The summed E-state index contributed by atoms with van der Waals surface area (Å²) >= 11 is 0. The van der Waals surface area contributed by atoms with Crippen LogP contribution >= 0.6 is 0 Å². The van der Waals surface area contributed by atoms with E-state index >= 15 is 0 Å². The first-order chi connectivity index (χ1) is 11.0. The Morgan fingerprint density at radius 2 is 1.74 bits per heavy atom. The zero-order chi connectivity index (χ0) is 16.9. The van der Waals surface area contributed by atoms with Crippen molar-refractivity contribution in [2.24, 2.45) is 11.3 Å². The molecule has 2 rings (SSSR count). The van der Waals surface area contributed by atoms with Gasteiger partial charge in [0.25, 0.3) is 0 Å². The lowest BCUT2D eigenvalue weighted by molar-refractivity contribution is -0.145. The Kier molecular flexibility index (Phi) is 5.80. The number of carboxylic acid groups (broad SMARTS) is 1. The van der Waals surface area contributed by atoms with Gasteiger partial charge in [-0.05, 0) is 24.3 Å².